The van der Waals surface area contributed by atoms with E-state index in [-0.39, 0.29) is 22.5 Å². The van der Waals surface area contributed by atoms with Crippen LogP contribution in [-0.4, -0.2) is 29.3 Å². The summed E-state index contributed by atoms with van der Waals surface area (Å²) in [4.78, 5) is 45.0. The van der Waals surface area contributed by atoms with E-state index in [9.17, 15) is 24.5 Å². The van der Waals surface area contributed by atoms with Gasteiger partial charge in [0.05, 0.1) is 16.2 Å². The maximum Gasteiger partial charge on any atom is 0.338 e. The van der Waals surface area contributed by atoms with E-state index in [0.717, 1.165) is 0 Å². The number of nitro benzene ring substituents is 1. The van der Waals surface area contributed by atoms with E-state index < -0.39 is 29.3 Å². The molecular formula is C17H15N3O6. The molecule has 0 saturated heterocycles. The smallest absolute Gasteiger partial charge is 0.338 e. The number of non-ortho nitro benzene ring substituents is 1. The topological polar surface area (TPSA) is 142 Å². The first kappa shape index (κ1) is 18.6. The molecule has 0 bridgehead atoms. The first-order valence-electron chi connectivity index (χ1n) is 7.40. The Morgan fingerprint density at radius 2 is 1.73 bits per heavy atom. The van der Waals surface area contributed by atoms with Gasteiger partial charge >= 0.3 is 5.97 Å². The molecule has 0 aliphatic carbocycles. The Morgan fingerprint density at radius 3 is 2.31 bits per heavy atom. The van der Waals surface area contributed by atoms with Crippen molar-refractivity contribution in [3.63, 3.8) is 0 Å². The van der Waals surface area contributed by atoms with Gasteiger partial charge in [0, 0.05) is 17.7 Å². The quantitative estimate of drug-likeness (QED) is 0.458. The number of hydrogen-bond donors (Lipinski definition) is 2. The van der Waals surface area contributed by atoms with Gasteiger partial charge in [-0.25, -0.2) is 4.79 Å². The van der Waals surface area contributed by atoms with Gasteiger partial charge in [-0.1, -0.05) is 6.07 Å². The van der Waals surface area contributed by atoms with Crippen LogP contribution in [-0.2, 0) is 9.53 Å². The number of hydrogen-bond acceptors (Lipinski definition) is 6. The lowest BCUT2D eigenvalue weighted by Gasteiger charge is -2.09. The molecule has 0 aromatic heterocycles. The third-order valence-corrected chi connectivity index (χ3v) is 3.45. The first-order chi connectivity index (χ1) is 12.3. The number of rotatable bonds is 6. The van der Waals surface area contributed by atoms with Crippen LogP contribution in [0.5, 0.6) is 0 Å². The lowest BCUT2D eigenvalue weighted by atomic mass is 10.1. The third kappa shape index (κ3) is 4.63. The molecule has 9 heteroatoms. The molecule has 2 aromatic carbocycles. The van der Waals surface area contributed by atoms with Crippen molar-refractivity contribution in [1.29, 1.82) is 0 Å². The molecule has 0 saturated carbocycles. The van der Waals surface area contributed by atoms with Crippen molar-refractivity contribution in [3.8, 4) is 0 Å². The van der Waals surface area contributed by atoms with Crippen molar-refractivity contribution in [3.05, 3.63) is 69.3 Å². The Balaban J connectivity index is 1.96. The molecule has 134 valence electrons. The third-order valence-electron chi connectivity index (χ3n) is 3.45. The van der Waals surface area contributed by atoms with Crippen molar-refractivity contribution < 1.29 is 24.0 Å². The number of carbonyl (C=O) groups is 3. The summed E-state index contributed by atoms with van der Waals surface area (Å²) in [5.74, 6) is -2.03. The van der Waals surface area contributed by atoms with Gasteiger partial charge < -0.3 is 15.8 Å². The number of carbonyl (C=O) groups excluding carboxylic acids is 3. The van der Waals surface area contributed by atoms with Crippen molar-refractivity contribution in [2.75, 3.05) is 11.9 Å². The van der Waals surface area contributed by atoms with E-state index in [1.54, 1.807) is 6.92 Å². The van der Waals surface area contributed by atoms with Crippen molar-refractivity contribution in [2.24, 2.45) is 5.73 Å². The van der Waals surface area contributed by atoms with E-state index in [1.807, 2.05) is 0 Å². The minimum Gasteiger partial charge on any atom is -0.452 e. The van der Waals surface area contributed by atoms with E-state index in [4.69, 9.17) is 10.5 Å². The number of amides is 2. The van der Waals surface area contributed by atoms with Crippen LogP contribution in [0.3, 0.4) is 0 Å². The number of ether oxygens (including phenoxy) is 1. The van der Waals surface area contributed by atoms with Crippen molar-refractivity contribution >= 4 is 29.2 Å². The van der Waals surface area contributed by atoms with Crippen LogP contribution in [0.25, 0.3) is 0 Å². The highest BCUT2D eigenvalue weighted by Crippen LogP contribution is 2.21. The second-order valence-electron chi connectivity index (χ2n) is 5.32. The predicted molar refractivity (Wildman–Crippen MR) is 91.7 cm³/mol. The number of nitrogens with two attached hydrogens (primary N) is 1. The van der Waals surface area contributed by atoms with Gasteiger partial charge in [-0.2, -0.15) is 0 Å². The molecule has 3 N–H and O–H groups in total. The van der Waals surface area contributed by atoms with E-state index in [0.29, 0.717) is 5.56 Å². The molecule has 2 rings (SSSR count). The van der Waals surface area contributed by atoms with Crippen LogP contribution in [0.1, 0.15) is 26.3 Å². The summed E-state index contributed by atoms with van der Waals surface area (Å²) in [6.45, 7) is 1.10. The van der Waals surface area contributed by atoms with Gasteiger partial charge in [0.25, 0.3) is 11.6 Å². The number of anilines is 1. The normalized spacial score (nSPS) is 10.0. The van der Waals surface area contributed by atoms with Crippen LogP contribution in [0, 0.1) is 17.0 Å². The highest BCUT2D eigenvalue weighted by Gasteiger charge is 2.14. The van der Waals surface area contributed by atoms with Crippen LogP contribution in [0.4, 0.5) is 11.4 Å². The molecular weight excluding hydrogens is 342 g/mol. The highest BCUT2D eigenvalue weighted by atomic mass is 16.6. The maximum atomic E-state index is 11.9. The van der Waals surface area contributed by atoms with E-state index >= 15 is 0 Å². The lowest BCUT2D eigenvalue weighted by molar-refractivity contribution is -0.384. The summed E-state index contributed by atoms with van der Waals surface area (Å²) < 4.78 is 4.88. The molecule has 0 fully saturated rings. The Labute approximate surface area is 147 Å². The number of nitro groups is 1. The Bertz CT molecular complexity index is 877. The number of esters is 1. The summed E-state index contributed by atoms with van der Waals surface area (Å²) in [6, 6.07) is 9.48. The largest absolute Gasteiger partial charge is 0.452 e. The fourth-order valence-corrected chi connectivity index (χ4v) is 2.03. The summed E-state index contributed by atoms with van der Waals surface area (Å²) in [5, 5.41) is 13.2. The molecule has 2 aromatic rings. The Morgan fingerprint density at radius 1 is 1.12 bits per heavy atom. The molecule has 0 atom stereocenters. The number of primary amides is 1. The van der Waals surface area contributed by atoms with Gasteiger partial charge in [0.1, 0.15) is 0 Å². The number of aryl methyl sites for hydroxylation is 1. The monoisotopic (exact) mass is 357 g/mol. The minimum absolute atomic E-state index is 0.148. The summed E-state index contributed by atoms with van der Waals surface area (Å²) in [5.41, 5.74) is 6.20. The fraction of sp³-hybridized carbons (Fsp3) is 0.118. The van der Waals surface area contributed by atoms with Gasteiger partial charge in [0.2, 0.25) is 5.91 Å². The van der Waals surface area contributed by atoms with Gasteiger partial charge in [-0.05, 0) is 36.8 Å². The van der Waals surface area contributed by atoms with Gasteiger partial charge in [-0.15, -0.1) is 0 Å². The fourth-order valence-electron chi connectivity index (χ4n) is 2.03. The summed E-state index contributed by atoms with van der Waals surface area (Å²) in [6.07, 6.45) is 0. The molecule has 2 amide bonds. The van der Waals surface area contributed by atoms with Crippen molar-refractivity contribution in [1.82, 2.24) is 0 Å². The molecule has 0 radical (unpaired) electrons. The lowest BCUT2D eigenvalue weighted by Crippen LogP contribution is -2.21. The van der Waals surface area contributed by atoms with E-state index in [1.165, 1.54) is 42.5 Å². The standard InChI is InChI=1S/C17H15N3O6/c1-10-2-7-13(20(24)25)8-14(10)19-15(21)9-26-17(23)12-5-3-11(4-6-12)16(18)22/h2-8H,9H2,1H3,(H2,18,22)(H,19,21). The predicted octanol–water partition coefficient (Wildman–Crippen LogP) is 1.80. The molecule has 0 aliphatic rings. The molecule has 0 heterocycles. The zero-order chi connectivity index (χ0) is 19.3. The van der Waals surface area contributed by atoms with Crippen LogP contribution in [0.15, 0.2) is 42.5 Å². The van der Waals surface area contributed by atoms with Gasteiger partial charge in [-0.3, -0.25) is 19.7 Å². The second-order valence-corrected chi connectivity index (χ2v) is 5.32. The Kier molecular flexibility index (Phi) is 5.63. The summed E-state index contributed by atoms with van der Waals surface area (Å²) in [7, 11) is 0. The zero-order valence-electron chi connectivity index (χ0n) is 13.7. The minimum atomic E-state index is -0.757. The van der Waals surface area contributed by atoms with E-state index in [2.05, 4.69) is 5.32 Å². The zero-order valence-corrected chi connectivity index (χ0v) is 13.7. The van der Waals surface area contributed by atoms with Crippen LogP contribution in [0.2, 0.25) is 0 Å². The first-order valence-corrected chi connectivity index (χ1v) is 7.40. The average Bonchev–Trinajstić information content (AvgIpc) is 2.61. The molecule has 26 heavy (non-hydrogen) atoms. The highest BCUT2D eigenvalue weighted by molar-refractivity contribution is 5.97. The number of nitrogens with one attached hydrogen (secondary N) is 1. The molecule has 0 spiro atoms. The molecule has 0 unspecified atom stereocenters. The van der Waals surface area contributed by atoms with Crippen LogP contribution < -0.4 is 11.1 Å². The number of nitrogens with zero attached hydrogens (tertiary/aromatic N) is 1. The summed E-state index contributed by atoms with van der Waals surface area (Å²) >= 11 is 0. The SMILES string of the molecule is Cc1ccc([N+](=O)[O-])cc1NC(=O)COC(=O)c1ccc(C(N)=O)cc1. The second kappa shape index (κ2) is 7.88. The molecule has 9 nitrogen and oxygen atoms in total. The average molecular weight is 357 g/mol. The molecule has 0 aliphatic heterocycles. The van der Waals surface area contributed by atoms with Crippen LogP contribution >= 0.6 is 0 Å². The van der Waals surface area contributed by atoms with Crippen molar-refractivity contribution in [2.45, 2.75) is 6.92 Å². The number of benzene rings is 2. The Hall–Kier alpha value is -3.75. The van der Waals surface area contributed by atoms with Gasteiger partial charge in [0.15, 0.2) is 6.61 Å². The maximum absolute atomic E-state index is 11.9.